The molecule has 0 atom stereocenters. The molecule has 0 unspecified atom stereocenters. The van der Waals surface area contributed by atoms with E-state index in [1.165, 1.54) is 32.0 Å². The van der Waals surface area contributed by atoms with Crippen molar-refractivity contribution < 1.29 is 0 Å². The lowest BCUT2D eigenvalue weighted by Crippen LogP contribution is -2.03. The van der Waals surface area contributed by atoms with Crippen molar-refractivity contribution in [1.82, 2.24) is 9.97 Å². The van der Waals surface area contributed by atoms with Gasteiger partial charge in [-0.25, -0.2) is 9.97 Å². The Morgan fingerprint density at radius 3 is 2.86 bits per heavy atom. The fourth-order valence-corrected chi connectivity index (χ4v) is 1.35. The summed E-state index contributed by atoms with van der Waals surface area (Å²) in [6.45, 7) is 3.16. The van der Waals surface area contributed by atoms with E-state index in [0.29, 0.717) is 5.15 Å². The molecule has 0 aromatic carbocycles. The van der Waals surface area contributed by atoms with E-state index in [4.69, 9.17) is 11.6 Å². The van der Waals surface area contributed by atoms with Crippen molar-refractivity contribution in [2.24, 2.45) is 0 Å². The van der Waals surface area contributed by atoms with Crippen LogP contribution in [0.1, 0.15) is 32.6 Å². The maximum atomic E-state index is 5.72. The number of nitrogens with one attached hydrogen (secondary N) is 1. The highest BCUT2D eigenvalue weighted by atomic mass is 35.5. The van der Waals surface area contributed by atoms with Gasteiger partial charge < -0.3 is 5.32 Å². The Morgan fingerprint density at radius 2 is 2.14 bits per heavy atom. The first kappa shape index (κ1) is 11.2. The fraction of sp³-hybridized carbons (Fsp3) is 0.600. The minimum absolute atomic E-state index is 0.482. The molecule has 0 aliphatic heterocycles. The Hall–Kier alpha value is -0.830. The zero-order valence-corrected chi connectivity index (χ0v) is 9.22. The molecule has 0 fully saturated rings. The van der Waals surface area contributed by atoms with E-state index in [9.17, 15) is 0 Å². The van der Waals surface area contributed by atoms with E-state index >= 15 is 0 Å². The molecule has 0 spiro atoms. The van der Waals surface area contributed by atoms with Crippen molar-refractivity contribution in [3.05, 3.63) is 17.5 Å². The monoisotopic (exact) mass is 213 g/mol. The van der Waals surface area contributed by atoms with Gasteiger partial charge in [-0.05, 0) is 6.42 Å². The lowest BCUT2D eigenvalue weighted by molar-refractivity contribution is 0.684. The molecule has 1 rings (SSSR count). The predicted octanol–water partition coefficient (Wildman–Crippen LogP) is 3.12. The van der Waals surface area contributed by atoms with Crippen LogP contribution >= 0.6 is 11.6 Å². The summed E-state index contributed by atoms with van der Waals surface area (Å²) >= 11 is 5.72. The van der Waals surface area contributed by atoms with Gasteiger partial charge in [-0.2, -0.15) is 0 Å². The number of unbranched alkanes of at least 4 members (excludes halogenated alkanes) is 3. The highest BCUT2D eigenvalue weighted by Gasteiger charge is 1.94. The number of hydrogen-bond acceptors (Lipinski definition) is 3. The number of rotatable bonds is 6. The van der Waals surface area contributed by atoms with Gasteiger partial charge >= 0.3 is 0 Å². The largest absolute Gasteiger partial charge is 0.370 e. The number of anilines is 1. The van der Waals surface area contributed by atoms with Crippen LogP contribution in [-0.4, -0.2) is 16.5 Å². The lowest BCUT2D eigenvalue weighted by Gasteiger charge is -2.04. The van der Waals surface area contributed by atoms with E-state index in [0.717, 1.165) is 12.4 Å². The highest BCUT2D eigenvalue weighted by Crippen LogP contribution is 2.08. The zero-order chi connectivity index (χ0) is 10.2. The topological polar surface area (TPSA) is 37.8 Å². The standard InChI is InChI=1S/C10H16ClN3/c1-2-3-4-5-6-12-10-7-9(11)13-8-14-10/h7-8H,2-6H2,1H3,(H,12,13,14). The maximum Gasteiger partial charge on any atom is 0.134 e. The summed E-state index contributed by atoms with van der Waals surface area (Å²) in [4.78, 5) is 7.86. The normalized spacial score (nSPS) is 10.1. The van der Waals surface area contributed by atoms with Gasteiger partial charge in [-0.1, -0.05) is 37.8 Å². The van der Waals surface area contributed by atoms with Crippen LogP contribution in [0.4, 0.5) is 5.82 Å². The summed E-state index contributed by atoms with van der Waals surface area (Å²) in [6.07, 6.45) is 6.47. The van der Waals surface area contributed by atoms with Crippen LogP contribution in [0.25, 0.3) is 0 Å². The number of hydrogen-bond donors (Lipinski definition) is 1. The van der Waals surface area contributed by atoms with E-state index in [-0.39, 0.29) is 0 Å². The lowest BCUT2D eigenvalue weighted by atomic mass is 10.2. The fourth-order valence-electron chi connectivity index (χ4n) is 1.20. The third-order valence-corrected chi connectivity index (χ3v) is 2.18. The highest BCUT2D eigenvalue weighted by molar-refractivity contribution is 6.29. The van der Waals surface area contributed by atoms with Crippen LogP contribution in [-0.2, 0) is 0 Å². The predicted molar refractivity (Wildman–Crippen MR) is 59.7 cm³/mol. The van der Waals surface area contributed by atoms with E-state index in [1.807, 2.05) is 0 Å². The second-order valence-corrected chi connectivity index (χ2v) is 3.60. The van der Waals surface area contributed by atoms with E-state index in [2.05, 4.69) is 22.2 Å². The second kappa shape index (κ2) is 6.60. The molecule has 1 aromatic heterocycles. The number of halogens is 1. The quantitative estimate of drug-likeness (QED) is 0.583. The molecule has 4 heteroatoms. The van der Waals surface area contributed by atoms with Crippen molar-refractivity contribution in [2.75, 3.05) is 11.9 Å². The second-order valence-electron chi connectivity index (χ2n) is 3.21. The van der Waals surface area contributed by atoms with Gasteiger partial charge in [0.05, 0.1) is 0 Å². The van der Waals surface area contributed by atoms with Gasteiger partial charge in [0.25, 0.3) is 0 Å². The van der Waals surface area contributed by atoms with Crippen molar-refractivity contribution in [1.29, 1.82) is 0 Å². The van der Waals surface area contributed by atoms with Gasteiger partial charge in [0.1, 0.15) is 17.3 Å². The van der Waals surface area contributed by atoms with Crippen LogP contribution in [0, 0.1) is 0 Å². The Morgan fingerprint density at radius 1 is 1.29 bits per heavy atom. The van der Waals surface area contributed by atoms with Crippen molar-refractivity contribution in [2.45, 2.75) is 32.6 Å². The molecule has 14 heavy (non-hydrogen) atoms. The van der Waals surface area contributed by atoms with Crippen LogP contribution in [0.15, 0.2) is 12.4 Å². The summed E-state index contributed by atoms with van der Waals surface area (Å²) in [7, 11) is 0. The third-order valence-electron chi connectivity index (χ3n) is 1.97. The molecule has 3 nitrogen and oxygen atoms in total. The smallest absolute Gasteiger partial charge is 0.134 e. The summed E-state index contributed by atoms with van der Waals surface area (Å²) < 4.78 is 0. The van der Waals surface area contributed by atoms with Gasteiger partial charge in [-0.15, -0.1) is 0 Å². The minimum Gasteiger partial charge on any atom is -0.370 e. The van der Waals surface area contributed by atoms with E-state index in [1.54, 1.807) is 6.07 Å². The molecular formula is C10H16ClN3. The molecular weight excluding hydrogens is 198 g/mol. The Bertz CT molecular complexity index is 265. The minimum atomic E-state index is 0.482. The van der Waals surface area contributed by atoms with Gasteiger partial charge in [0.2, 0.25) is 0 Å². The molecule has 78 valence electrons. The Balaban J connectivity index is 2.18. The number of nitrogens with zero attached hydrogens (tertiary/aromatic N) is 2. The maximum absolute atomic E-state index is 5.72. The summed E-state index contributed by atoms with van der Waals surface area (Å²) in [5.74, 6) is 0.807. The van der Waals surface area contributed by atoms with Crippen molar-refractivity contribution >= 4 is 17.4 Å². The zero-order valence-electron chi connectivity index (χ0n) is 8.46. The Labute approximate surface area is 89.9 Å². The third kappa shape index (κ3) is 4.42. The molecule has 0 amide bonds. The first-order valence-electron chi connectivity index (χ1n) is 5.04. The molecule has 0 saturated heterocycles. The first-order valence-corrected chi connectivity index (χ1v) is 5.42. The number of aromatic nitrogens is 2. The molecule has 0 aliphatic rings. The molecule has 1 heterocycles. The molecule has 1 aromatic rings. The summed E-state index contributed by atoms with van der Waals surface area (Å²) in [5, 5.41) is 3.69. The van der Waals surface area contributed by atoms with Gasteiger partial charge in [-0.3, -0.25) is 0 Å². The molecule has 0 bridgehead atoms. The summed E-state index contributed by atoms with van der Waals surface area (Å²) in [5.41, 5.74) is 0. The molecule has 1 N–H and O–H groups in total. The first-order chi connectivity index (χ1) is 6.83. The van der Waals surface area contributed by atoms with Crippen LogP contribution in [0.3, 0.4) is 0 Å². The average Bonchev–Trinajstić information content (AvgIpc) is 2.18. The SMILES string of the molecule is CCCCCCNc1cc(Cl)ncn1. The Kier molecular flexibility index (Phi) is 5.30. The average molecular weight is 214 g/mol. The van der Waals surface area contributed by atoms with Crippen LogP contribution < -0.4 is 5.32 Å². The molecule has 0 aliphatic carbocycles. The van der Waals surface area contributed by atoms with Gasteiger partial charge in [0, 0.05) is 12.6 Å². The summed E-state index contributed by atoms with van der Waals surface area (Å²) in [6, 6.07) is 1.74. The van der Waals surface area contributed by atoms with Crippen LogP contribution in [0.2, 0.25) is 5.15 Å². The van der Waals surface area contributed by atoms with Crippen molar-refractivity contribution in [3.8, 4) is 0 Å². The van der Waals surface area contributed by atoms with Crippen LogP contribution in [0.5, 0.6) is 0 Å². The molecule has 0 saturated carbocycles. The molecule has 0 radical (unpaired) electrons. The van der Waals surface area contributed by atoms with Gasteiger partial charge in [0.15, 0.2) is 0 Å². The van der Waals surface area contributed by atoms with Crippen molar-refractivity contribution in [3.63, 3.8) is 0 Å². The van der Waals surface area contributed by atoms with E-state index < -0.39 is 0 Å².